The Labute approximate surface area is 189 Å². The number of carbonyl (C=O) groups is 1. The van der Waals surface area contributed by atoms with Gasteiger partial charge in [0, 0.05) is 12.6 Å². The van der Waals surface area contributed by atoms with Gasteiger partial charge in [0.1, 0.15) is 24.2 Å². The Bertz CT molecular complexity index is 902. The van der Waals surface area contributed by atoms with E-state index in [1.165, 1.54) is 33.5 Å². The molecule has 0 bridgehead atoms. The first-order valence-corrected chi connectivity index (χ1v) is 10.4. The summed E-state index contributed by atoms with van der Waals surface area (Å²) in [4.78, 5) is 12.8. The Hall–Kier alpha value is -2.97. The van der Waals surface area contributed by atoms with Crippen LogP contribution < -0.4 is 29.0 Å². The number of esters is 1. The number of rotatable bonds is 11. The molecule has 32 heavy (non-hydrogen) atoms. The molecule has 8 nitrogen and oxygen atoms in total. The molecule has 0 radical (unpaired) electrons. The normalized spacial score (nSPS) is 11.8. The fourth-order valence-corrected chi connectivity index (χ4v) is 3.01. The summed E-state index contributed by atoms with van der Waals surface area (Å²) in [6.45, 7) is 8.35. The Morgan fingerprint density at radius 2 is 1.50 bits per heavy atom. The molecule has 8 heteroatoms. The highest BCUT2D eigenvalue weighted by atomic mass is 16.5. The lowest BCUT2D eigenvalue weighted by molar-refractivity contribution is 0.0732. The van der Waals surface area contributed by atoms with E-state index in [1.807, 2.05) is 27.7 Å². The third kappa shape index (κ3) is 6.27. The number of hydrogen-bond acceptors (Lipinski definition) is 8. The van der Waals surface area contributed by atoms with Crippen LogP contribution in [0.5, 0.6) is 28.7 Å². The zero-order valence-electron chi connectivity index (χ0n) is 19.8. The van der Waals surface area contributed by atoms with Crippen molar-refractivity contribution in [3.8, 4) is 28.7 Å². The molecule has 0 saturated heterocycles. The average Bonchev–Trinajstić information content (AvgIpc) is 2.78. The molecule has 1 atom stereocenters. The molecule has 0 heterocycles. The smallest absolute Gasteiger partial charge is 0.343 e. The summed E-state index contributed by atoms with van der Waals surface area (Å²) in [7, 11) is 4.46. The van der Waals surface area contributed by atoms with Gasteiger partial charge in [-0.3, -0.25) is 0 Å². The van der Waals surface area contributed by atoms with Gasteiger partial charge in [0.15, 0.2) is 11.5 Å². The minimum absolute atomic E-state index is 0.157. The molecule has 0 amide bonds. The van der Waals surface area contributed by atoms with Gasteiger partial charge in [0.2, 0.25) is 5.75 Å². The quantitative estimate of drug-likeness (QED) is 0.400. The summed E-state index contributed by atoms with van der Waals surface area (Å²) in [5.74, 6) is 1.60. The number of benzene rings is 2. The van der Waals surface area contributed by atoms with E-state index >= 15 is 0 Å². The summed E-state index contributed by atoms with van der Waals surface area (Å²) in [6, 6.07) is 6.76. The third-order valence-corrected chi connectivity index (χ3v) is 4.98. The summed E-state index contributed by atoms with van der Waals surface area (Å²) < 4.78 is 27.3. The highest BCUT2D eigenvalue weighted by molar-refractivity contribution is 5.93. The summed E-state index contributed by atoms with van der Waals surface area (Å²) in [5.41, 5.74) is 1.85. The van der Waals surface area contributed by atoms with Gasteiger partial charge in [-0.15, -0.1) is 0 Å². The second-order valence-electron chi connectivity index (χ2n) is 7.64. The van der Waals surface area contributed by atoms with Crippen molar-refractivity contribution in [2.24, 2.45) is 0 Å². The van der Waals surface area contributed by atoms with Crippen LogP contribution in [0.25, 0.3) is 0 Å². The highest BCUT2D eigenvalue weighted by Crippen LogP contribution is 2.38. The fraction of sp³-hybridized carbons (Fsp3) is 0.458. The third-order valence-electron chi connectivity index (χ3n) is 4.98. The summed E-state index contributed by atoms with van der Waals surface area (Å²) in [6.07, 6.45) is -0.630. The largest absolute Gasteiger partial charge is 0.493 e. The number of hydrogen-bond donors (Lipinski definition) is 2. The molecule has 2 rings (SSSR count). The average molecular weight is 448 g/mol. The van der Waals surface area contributed by atoms with Crippen molar-refractivity contribution < 1.29 is 33.6 Å². The van der Waals surface area contributed by atoms with Crippen LogP contribution in [0.15, 0.2) is 24.3 Å². The van der Waals surface area contributed by atoms with Crippen molar-refractivity contribution >= 4 is 5.97 Å². The second kappa shape index (κ2) is 11.6. The predicted octanol–water partition coefficient (Wildman–Crippen LogP) is 3.29. The first-order valence-electron chi connectivity index (χ1n) is 10.4. The minimum atomic E-state index is -0.630. The molecule has 176 valence electrons. The highest BCUT2D eigenvalue weighted by Gasteiger charge is 2.20. The Kier molecular flexibility index (Phi) is 9.16. The maximum Gasteiger partial charge on any atom is 0.343 e. The van der Waals surface area contributed by atoms with Gasteiger partial charge in [0.25, 0.3) is 0 Å². The Morgan fingerprint density at radius 3 is 2.03 bits per heavy atom. The van der Waals surface area contributed by atoms with Gasteiger partial charge in [0.05, 0.1) is 26.9 Å². The molecule has 2 N–H and O–H groups in total. The lowest BCUT2D eigenvalue weighted by Crippen LogP contribution is -2.35. The molecule has 0 fully saturated rings. The molecule has 0 spiro atoms. The van der Waals surface area contributed by atoms with E-state index in [2.05, 4.69) is 5.32 Å². The van der Waals surface area contributed by atoms with Crippen molar-refractivity contribution in [3.05, 3.63) is 41.0 Å². The second-order valence-corrected chi connectivity index (χ2v) is 7.64. The molecule has 2 aromatic rings. The van der Waals surface area contributed by atoms with Crippen molar-refractivity contribution in [2.75, 3.05) is 34.5 Å². The van der Waals surface area contributed by atoms with E-state index in [0.717, 1.165) is 11.1 Å². The number of aliphatic hydroxyl groups excluding tert-OH is 1. The standard InChI is InChI=1S/C24H33NO7/c1-14(2)25-12-18(26)13-31-19-8-9-20(16(4)15(19)3)32-24(27)17-10-21(28-5)23(30-7)22(11-17)29-6/h8-11,14,18,25-26H,12-13H2,1-7H3/t18-/m1/s1. The van der Waals surface area contributed by atoms with E-state index in [1.54, 1.807) is 12.1 Å². The van der Waals surface area contributed by atoms with E-state index in [-0.39, 0.29) is 18.2 Å². The fourth-order valence-electron chi connectivity index (χ4n) is 3.01. The number of methoxy groups -OCH3 is 3. The molecule has 2 aromatic carbocycles. The zero-order chi connectivity index (χ0) is 23.8. The van der Waals surface area contributed by atoms with Crippen LogP contribution >= 0.6 is 0 Å². The van der Waals surface area contributed by atoms with Crippen LogP contribution in [-0.4, -0.2) is 57.7 Å². The zero-order valence-corrected chi connectivity index (χ0v) is 19.8. The van der Waals surface area contributed by atoms with Crippen molar-refractivity contribution in [1.29, 1.82) is 0 Å². The first-order chi connectivity index (χ1) is 15.2. The van der Waals surface area contributed by atoms with Gasteiger partial charge in [-0.25, -0.2) is 4.79 Å². The lowest BCUT2D eigenvalue weighted by atomic mass is 10.1. The van der Waals surface area contributed by atoms with Crippen LogP contribution in [0.2, 0.25) is 0 Å². The molecule has 0 saturated carbocycles. The lowest BCUT2D eigenvalue weighted by Gasteiger charge is -2.18. The summed E-state index contributed by atoms with van der Waals surface area (Å²) >= 11 is 0. The monoisotopic (exact) mass is 447 g/mol. The summed E-state index contributed by atoms with van der Waals surface area (Å²) in [5, 5.41) is 13.2. The van der Waals surface area contributed by atoms with E-state index in [4.69, 9.17) is 23.7 Å². The molecular weight excluding hydrogens is 414 g/mol. The molecule has 0 aliphatic carbocycles. The molecule has 0 aliphatic rings. The van der Waals surface area contributed by atoms with Gasteiger partial charge in [-0.2, -0.15) is 0 Å². The molecular formula is C24H33NO7. The topological polar surface area (TPSA) is 95.5 Å². The Morgan fingerprint density at radius 1 is 0.938 bits per heavy atom. The number of aliphatic hydroxyl groups is 1. The van der Waals surface area contributed by atoms with Crippen LogP contribution in [-0.2, 0) is 0 Å². The molecule has 0 aliphatic heterocycles. The SMILES string of the molecule is COc1cc(C(=O)Oc2ccc(OC[C@H](O)CNC(C)C)c(C)c2C)cc(OC)c1OC. The molecule has 0 aromatic heterocycles. The van der Waals surface area contributed by atoms with Gasteiger partial charge in [-0.1, -0.05) is 13.8 Å². The maximum atomic E-state index is 12.8. The number of ether oxygens (including phenoxy) is 5. The van der Waals surface area contributed by atoms with Crippen molar-refractivity contribution in [1.82, 2.24) is 5.32 Å². The van der Waals surface area contributed by atoms with Crippen LogP contribution in [0.1, 0.15) is 35.3 Å². The maximum absolute atomic E-state index is 12.8. The van der Waals surface area contributed by atoms with Crippen LogP contribution in [0.4, 0.5) is 0 Å². The van der Waals surface area contributed by atoms with Gasteiger partial charge < -0.3 is 34.1 Å². The van der Waals surface area contributed by atoms with Crippen molar-refractivity contribution in [3.63, 3.8) is 0 Å². The number of carbonyl (C=O) groups excluding carboxylic acids is 1. The Balaban J connectivity index is 2.15. The predicted molar refractivity (Wildman–Crippen MR) is 122 cm³/mol. The first kappa shape index (κ1) is 25.3. The molecule has 0 unspecified atom stereocenters. The van der Waals surface area contributed by atoms with Crippen LogP contribution in [0.3, 0.4) is 0 Å². The van der Waals surface area contributed by atoms with E-state index < -0.39 is 12.1 Å². The minimum Gasteiger partial charge on any atom is -0.493 e. The van der Waals surface area contributed by atoms with Gasteiger partial charge >= 0.3 is 5.97 Å². The van der Waals surface area contributed by atoms with Crippen LogP contribution in [0, 0.1) is 13.8 Å². The van der Waals surface area contributed by atoms with E-state index in [0.29, 0.717) is 35.3 Å². The van der Waals surface area contributed by atoms with E-state index in [9.17, 15) is 9.90 Å². The van der Waals surface area contributed by atoms with Crippen molar-refractivity contribution in [2.45, 2.75) is 39.8 Å². The van der Waals surface area contributed by atoms with Gasteiger partial charge in [-0.05, 0) is 49.2 Å². The number of nitrogens with one attached hydrogen (secondary N) is 1.